The van der Waals surface area contributed by atoms with Crippen LogP contribution in [-0.2, 0) is 11.2 Å². The van der Waals surface area contributed by atoms with E-state index in [1.165, 1.54) is 0 Å². The van der Waals surface area contributed by atoms with E-state index in [0.29, 0.717) is 18.4 Å². The molecule has 0 saturated carbocycles. The van der Waals surface area contributed by atoms with E-state index in [9.17, 15) is 4.79 Å². The molecule has 0 aliphatic carbocycles. The van der Waals surface area contributed by atoms with Gasteiger partial charge in [-0.05, 0) is 44.0 Å². The number of nitrogens with zero attached hydrogens (tertiary/aromatic N) is 1. The van der Waals surface area contributed by atoms with Gasteiger partial charge >= 0.3 is 0 Å². The van der Waals surface area contributed by atoms with Crippen molar-refractivity contribution in [2.45, 2.75) is 38.6 Å². The van der Waals surface area contributed by atoms with E-state index in [0.717, 1.165) is 49.5 Å². The van der Waals surface area contributed by atoms with Gasteiger partial charge in [0, 0.05) is 24.0 Å². The Kier molecular flexibility index (Phi) is 5.86. The number of amides is 1. The second kappa shape index (κ2) is 7.65. The summed E-state index contributed by atoms with van der Waals surface area (Å²) in [7, 11) is 0. The van der Waals surface area contributed by atoms with Crippen molar-refractivity contribution in [3.63, 3.8) is 0 Å². The van der Waals surface area contributed by atoms with Gasteiger partial charge in [-0.15, -0.1) is 0 Å². The summed E-state index contributed by atoms with van der Waals surface area (Å²) in [4.78, 5) is 14.0. The van der Waals surface area contributed by atoms with Gasteiger partial charge in [0.25, 0.3) is 0 Å². The van der Waals surface area contributed by atoms with Gasteiger partial charge in [-0.25, -0.2) is 0 Å². The van der Waals surface area contributed by atoms with Gasteiger partial charge in [0.05, 0.1) is 0 Å². The molecule has 4 heteroatoms. The maximum absolute atomic E-state index is 12.0. The normalized spacial score (nSPS) is 18.8. The summed E-state index contributed by atoms with van der Waals surface area (Å²) in [6, 6.07) is 8.27. The van der Waals surface area contributed by atoms with E-state index in [1.54, 1.807) is 0 Å². The minimum atomic E-state index is 0.290. The van der Waals surface area contributed by atoms with Crippen molar-refractivity contribution in [3.05, 3.63) is 34.9 Å². The van der Waals surface area contributed by atoms with E-state index >= 15 is 0 Å². The molecule has 0 spiro atoms. The summed E-state index contributed by atoms with van der Waals surface area (Å²) in [6.07, 6.45) is 3.57. The van der Waals surface area contributed by atoms with Crippen LogP contribution in [0.25, 0.3) is 0 Å². The van der Waals surface area contributed by atoms with Gasteiger partial charge in [-0.3, -0.25) is 4.79 Å². The first-order valence-electron chi connectivity index (χ1n) is 7.46. The fourth-order valence-corrected chi connectivity index (χ4v) is 3.02. The molecule has 3 nitrogen and oxygen atoms in total. The standard InChI is InChI=1S/C16H23ClN2O/c1-2-18-11-9-14-7-8-16(20)19(14)12-10-13-5-3-4-6-15(13)17/h3-6,14,18H,2,7-12H2,1H3/t14-/m0/s1. The molecule has 1 aliphatic heterocycles. The maximum Gasteiger partial charge on any atom is 0.222 e. The summed E-state index contributed by atoms with van der Waals surface area (Å²) in [5.74, 6) is 0.290. The van der Waals surface area contributed by atoms with Gasteiger partial charge < -0.3 is 10.2 Å². The SMILES string of the molecule is CCNCC[C@@H]1CCC(=O)N1CCc1ccccc1Cl. The molecule has 1 aromatic rings. The zero-order chi connectivity index (χ0) is 14.4. The second-order valence-electron chi connectivity index (χ2n) is 5.26. The molecule has 20 heavy (non-hydrogen) atoms. The van der Waals surface area contributed by atoms with Crippen molar-refractivity contribution in [2.24, 2.45) is 0 Å². The van der Waals surface area contributed by atoms with E-state index in [2.05, 4.69) is 12.2 Å². The molecule has 110 valence electrons. The molecule has 2 rings (SSSR count). The van der Waals surface area contributed by atoms with Crippen molar-refractivity contribution in [2.75, 3.05) is 19.6 Å². The Morgan fingerprint density at radius 2 is 2.20 bits per heavy atom. The molecule has 1 fully saturated rings. The van der Waals surface area contributed by atoms with E-state index in [1.807, 2.05) is 29.2 Å². The highest BCUT2D eigenvalue weighted by atomic mass is 35.5. The molecule has 0 aromatic heterocycles. The zero-order valence-electron chi connectivity index (χ0n) is 12.1. The Morgan fingerprint density at radius 1 is 1.40 bits per heavy atom. The van der Waals surface area contributed by atoms with Crippen molar-refractivity contribution >= 4 is 17.5 Å². The fraction of sp³-hybridized carbons (Fsp3) is 0.562. The van der Waals surface area contributed by atoms with Crippen molar-refractivity contribution < 1.29 is 4.79 Å². The van der Waals surface area contributed by atoms with Crippen LogP contribution < -0.4 is 5.32 Å². The summed E-state index contributed by atoms with van der Waals surface area (Å²) >= 11 is 6.17. The van der Waals surface area contributed by atoms with Crippen LogP contribution in [0.15, 0.2) is 24.3 Å². The Labute approximate surface area is 126 Å². The number of nitrogens with one attached hydrogen (secondary N) is 1. The molecule has 0 bridgehead atoms. The quantitative estimate of drug-likeness (QED) is 0.784. The second-order valence-corrected chi connectivity index (χ2v) is 5.67. The van der Waals surface area contributed by atoms with Gasteiger partial charge in [0.1, 0.15) is 0 Å². The number of benzene rings is 1. The van der Waals surface area contributed by atoms with E-state index in [-0.39, 0.29) is 0 Å². The highest BCUT2D eigenvalue weighted by molar-refractivity contribution is 6.31. The third-order valence-electron chi connectivity index (χ3n) is 3.94. The molecule has 1 amide bonds. The third kappa shape index (κ3) is 3.97. The highest BCUT2D eigenvalue weighted by Gasteiger charge is 2.29. The van der Waals surface area contributed by atoms with Gasteiger partial charge in [-0.1, -0.05) is 36.7 Å². The molecule has 0 unspecified atom stereocenters. The topological polar surface area (TPSA) is 32.3 Å². The highest BCUT2D eigenvalue weighted by Crippen LogP contribution is 2.23. The Balaban J connectivity index is 1.89. The lowest BCUT2D eigenvalue weighted by molar-refractivity contribution is -0.129. The fourth-order valence-electron chi connectivity index (χ4n) is 2.79. The Hall–Kier alpha value is -1.06. The molecule has 0 radical (unpaired) electrons. The predicted octanol–water partition coefficient (Wildman–Crippen LogP) is 2.87. The number of halogens is 1. The molecule has 1 saturated heterocycles. The minimum absolute atomic E-state index is 0.290. The first-order chi connectivity index (χ1) is 9.72. The summed E-state index contributed by atoms with van der Waals surface area (Å²) < 4.78 is 0. The predicted molar refractivity (Wildman–Crippen MR) is 83.1 cm³/mol. The Bertz CT molecular complexity index is 450. The smallest absolute Gasteiger partial charge is 0.222 e. The zero-order valence-corrected chi connectivity index (χ0v) is 12.8. The van der Waals surface area contributed by atoms with Gasteiger partial charge in [0.2, 0.25) is 5.91 Å². The van der Waals surface area contributed by atoms with Crippen LogP contribution in [0.2, 0.25) is 5.02 Å². The number of hydrogen-bond donors (Lipinski definition) is 1. The molecule has 1 atom stereocenters. The van der Waals surface area contributed by atoms with E-state index in [4.69, 9.17) is 11.6 Å². The number of carbonyl (C=O) groups excluding carboxylic acids is 1. The van der Waals surface area contributed by atoms with Crippen LogP contribution in [0.1, 0.15) is 31.7 Å². The summed E-state index contributed by atoms with van der Waals surface area (Å²) in [5, 5.41) is 4.13. The maximum atomic E-state index is 12.0. The molecular formula is C16H23ClN2O. The molecular weight excluding hydrogens is 272 g/mol. The molecule has 1 aliphatic rings. The third-order valence-corrected chi connectivity index (χ3v) is 4.31. The number of carbonyl (C=O) groups is 1. The number of likely N-dealkylation sites (tertiary alicyclic amines) is 1. The average molecular weight is 295 g/mol. The van der Waals surface area contributed by atoms with Gasteiger partial charge in [-0.2, -0.15) is 0 Å². The van der Waals surface area contributed by atoms with Crippen LogP contribution in [0, 0.1) is 0 Å². The monoisotopic (exact) mass is 294 g/mol. The molecule has 1 heterocycles. The van der Waals surface area contributed by atoms with Crippen molar-refractivity contribution in [3.8, 4) is 0 Å². The molecule has 1 aromatic carbocycles. The van der Waals surface area contributed by atoms with Crippen LogP contribution >= 0.6 is 11.6 Å². The van der Waals surface area contributed by atoms with Crippen LogP contribution in [0.4, 0.5) is 0 Å². The summed E-state index contributed by atoms with van der Waals surface area (Å²) in [5.41, 5.74) is 1.12. The van der Waals surface area contributed by atoms with Gasteiger partial charge in [0.15, 0.2) is 0 Å². The minimum Gasteiger partial charge on any atom is -0.339 e. The first kappa shape index (κ1) is 15.3. The van der Waals surface area contributed by atoms with Crippen molar-refractivity contribution in [1.82, 2.24) is 10.2 Å². The number of hydrogen-bond acceptors (Lipinski definition) is 2. The lowest BCUT2D eigenvalue weighted by Gasteiger charge is -2.25. The van der Waals surface area contributed by atoms with E-state index < -0.39 is 0 Å². The lowest BCUT2D eigenvalue weighted by Crippen LogP contribution is -2.36. The Morgan fingerprint density at radius 3 is 2.95 bits per heavy atom. The average Bonchev–Trinajstić information content (AvgIpc) is 2.79. The molecule has 1 N–H and O–H groups in total. The largest absolute Gasteiger partial charge is 0.339 e. The number of rotatable bonds is 7. The lowest BCUT2D eigenvalue weighted by atomic mass is 10.1. The summed E-state index contributed by atoms with van der Waals surface area (Å²) in [6.45, 7) is 4.85. The van der Waals surface area contributed by atoms with Crippen molar-refractivity contribution in [1.29, 1.82) is 0 Å². The first-order valence-corrected chi connectivity index (χ1v) is 7.83. The van der Waals surface area contributed by atoms with Crippen LogP contribution in [0.5, 0.6) is 0 Å². The van der Waals surface area contributed by atoms with Crippen LogP contribution in [-0.4, -0.2) is 36.5 Å². The van der Waals surface area contributed by atoms with Crippen LogP contribution in [0.3, 0.4) is 0 Å².